The predicted molar refractivity (Wildman–Crippen MR) is 135 cm³/mol. The number of amidine groups is 1. The van der Waals surface area contributed by atoms with Crippen LogP contribution in [0.25, 0.3) is 0 Å². The average Bonchev–Trinajstić information content (AvgIpc) is 3.43. The normalized spacial score (nSPS) is 16.6. The molecule has 7 nitrogen and oxygen atoms in total. The second-order valence-electron chi connectivity index (χ2n) is 8.92. The summed E-state index contributed by atoms with van der Waals surface area (Å²) in [5.41, 5.74) is 2.13. The SMILES string of the molecule is CN(Cc1ccc(C2=NCCN2)cc1)C(=O)CCCCNC1(S(=O)(=O)c2ccccc2Cl)CC1. The number of amides is 1. The van der Waals surface area contributed by atoms with Crippen LogP contribution in [0.5, 0.6) is 0 Å². The summed E-state index contributed by atoms with van der Waals surface area (Å²) in [7, 11) is -1.74. The molecule has 182 valence electrons. The minimum absolute atomic E-state index is 0.0794. The molecule has 1 aliphatic carbocycles. The molecule has 1 amide bonds. The first-order valence-corrected chi connectivity index (χ1v) is 13.5. The number of nitrogens with one attached hydrogen (secondary N) is 2. The second-order valence-corrected chi connectivity index (χ2v) is 11.6. The van der Waals surface area contributed by atoms with Crippen LogP contribution in [0.15, 0.2) is 58.4 Å². The Hall–Kier alpha value is -2.42. The third-order valence-corrected chi connectivity index (χ3v) is 9.31. The number of hydrogen-bond acceptors (Lipinski definition) is 6. The van der Waals surface area contributed by atoms with Crippen LogP contribution >= 0.6 is 11.6 Å². The van der Waals surface area contributed by atoms with E-state index in [0.717, 1.165) is 36.5 Å². The van der Waals surface area contributed by atoms with Gasteiger partial charge in [0.2, 0.25) is 5.91 Å². The molecule has 4 rings (SSSR count). The number of carbonyl (C=O) groups is 1. The van der Waals surface area contributed by atoms with E-state index in [1.807, 2.05) is 31.3 Å². The molecular weight excluding hydrogens is 472 g/mol. The van der Waals surface area contributed by atoms with E-state index in [4.69, 9.17) is 11.6 Å². The fourth-order valence-electron chi connectivity index (χ4n) is 4.16. The first kappa shape index (κ1) is 24.7. The summed E-state index contributed by atoms with van der Waals surface area (Å²) in [4.78, 5) is 18.0. The lowest BCUT2D eigenvalue weighted by Gasteiger charge is -2.20. The zero-order valence-corrected chi connectivity index (χ0v) is 21.0. The molecule has 0 radical (unpaired) electrons. The number of unbranched alkanes of at least 4 members (excludes halogenated alkanes) is 1. The van der Waals surface area contributed by atoms with Gasteiger partial charge in [-0.2, -0.15) is 0 Å². The van der Waals surface area contributed by atoms with E-state index in [9.17, 15) is 13.2 Å². The molecule has 2 aromatic carbocycles. The minimum atomic E-state index is -3.55. The van der Waals surface area contributed by atoms with Crippen LogP contribution in [-0.4, -0.2) is 56.6 Å². The van der Waals surface area contributed by atoms with Gasteiger partial charge in [-0.15, -0.1) is 0 Å². The standard InChI is InChI=1S/C25H31ClN4O3S/c1-30(18-19-9-11-20(12-10-19)24-27-16-17-28-24)23(31)8-4-5-15-29-25(13-14-25)34(32,33)22-7-3-2-6-21(22)26/h2-3,6-7,9-12,29H,4-5,8,13-18H2,1H3,(H,27,28). The van der Waals surface area contributed by atoms with Crippen LogP contribution in [0.4, 0.5) is 0 Å². The number of carbonyl (C=O) groups excluding carboxylic acids is 1. The third-order valence-electron chi connectivity index (χ3n) is 6.36. The Morgan fingerprint density at radius 3 is 2.53 bits per heavy atom. The smallest absolute Gasteiger partial charge is 0.222 e. The van der Waals surface area contributed by atoms with Gasteiger partial charge in [-0.1, -0.05) is 48.0 Å². The Kier molecular flexibility index (Phi) is 7.60. The van der Waals surface area contributed by atoms with Crippen LogP contribution < -0.4 is 10.6 Å². The van der Waals surface area contributed by atoms with Crippen LogP contribution in [0.2, 0.25) is 5.02 Å². The molecule has 0 bridgehead atoms. The lowest BCUT2D eigenvalue weighted by atomic mass is 10.1. The van der Waals surface area contributed by atoms with Crippen molar-refractivity contribution in [1.29, 1.82) is 0 Å². The van der Waals surface area contributed by atoms with Crippen LogP contribution in [0.3, 0.4) is 0 Å². The van der Waals surface area contributed by atoms with Crippen molar-refractivity contribution in [2.45, 2.75) is 48.4 Å². The van der Waals surface area contributed by atoms with Crippen molar-refractivity contribution >= 4 is 33.2 Å². The van der Waals surface area contributed by atoms with Gasteiger partial charge in [0.25, 0.3) is 0 Å². The second kappa shape index (κ2) is 10.5. The molecule has 2 aromatic rings. The molecule has 2 N–H and O–H groups in total. The fourth-order valence-corrected chi connectivity index (χ4v) is 6.53. The maximum Gasteiger partial charge on any atom is 0.222 e. The number of hydrogen-bond donors (Lipinski definition) is 2. The summed E-state index contributed by atoms with van der Waals surface area (Å²) >= 11 is 6.13. The van der Waals surface area contributed by atoms with E-state index in [1.54, 1.807) is 29.2 Å². The molecule has 0 aromatic heterocycles. The summed E-state index contributed by atoms with van der Waals surface area (Å²) in [5.74, 6) is 1.01. The Labute approximate surface area is 206 Å². The summed E-state index contributed by atoms with van der Waals surface area (Å²) in [5, 5.41) is 6.73. The van der Waals surface area contributed by atoms with Crippen LogP contribution in [0, 0.1) is 0 Å². The van der Waals surface area contributed by atoms with E-state index < -0.39 is 14.7 Å². The van der Waals surface area contributed by atoms with Crippen molar-refractivity contribution in [2.75, 3.05) is 26.7 Å². The van der Waals surface area contributed by atoms with Gasteiger partial charge in [0, 0.05) is 32.1 Å². The molecule has 2 aliphatic rings. The van der Waals surface area contributed by atoms with E-state index in [2.05, 4.69) is 15.6 Å². The monoisotopic (exact) mass is 502 g/mol. The number of nitrogens with zero attached hydrogens (tertiary/aromatic N) is 2. The maximum absolute atomic E-state index is 13.1. The van der Waals surface area contributed by atoms with Crippen molar-refractivity contribution in [3.05, 3.63) is 64.7 Å². The van der Waals surface area contributed by atoms with Crippen LogP contribution in [-0.2, 0) is 21.2 Å². The first-order chi connectivity index (χ1) is 16.3. The van der Waals surface area contributed by atoms with Crippen molar-refractivity contribution in [1.82, 2.24) is 15.5 Å². The summed E-state index contributed by atoms with van der Waals surface area (Å²) in [6.45, 7) is 2.78. The summed E-state index contributed by atoms with van der Waals surface area (Å²) < 4.78 is 26.1. The Bertz CT molecular complexity index is 1160. The molecule has 1 saturated carbocycles. The van der Waals surface area contributed by atoms with Crippen molar-refractivity contribution in [3.63, 3.8) is 0 Å². The average molecular weight is 503 g/mol. The zero-order chi connectivity index (χ0) is 24.2. The van der Waals surface area contributed by atoms with Gasteiger partial charge in [0.1, 0.15) is 10.7 Å². The van der Waals surface area contributed by atoms with Gasteiger partial charge in [0.15, 0.2) is 9.84 Å². The van der Waals surface area contributed by atoms with Gasteiger partial charge in [0.05, 0.1) is 16.5 Å². The predicted octanol–water partition coefficient (Wildman–Crippen LogP) is 3.37. The summed E-state index contributed by atoms with van der Waals surface area (Å²) in [6, 6.07) is 14.7. The molecule has 1 heterocycles. The maximum atomic E-state index is 13.1. The molecule has 0 atom stereocenters. The number of benzene rings is 2. The van der Waals surface area contributed by atoms with E-state index in [0.29, 0.717) is 38.8 Å². The highest BCUT2D eigenvalue weighted by Gasteiger charge is 2.55. The van der Waals surface area contributed by atoms with Crippen molar-refractivity contribution < 1.29 is 13.2 Å². The van der Waals surface area contributed by atoms with Crippen molar-refractivity contribution in [2.24, 2.45) is 4.99 Å². The zero-order valence-electron chi connectivity index (χ0n) is 19.4. The van der Waals surface area contributed by atoms with E-state index >= 15 is 0 Å². The van der Waals surface area contributed by atoms with Gasteiger partial charge >= 0.3 is 0 Å². The molecule has 1 fully saturated rings. The Balaban J connectivity index is 1.20. The number of sulfone groups is 1. The van der Waals surface area contributed by atoms with Gasteiger partial charge < -0.3 is 10.2 Å². The number of halogens is 1. The van der Waals surface area contributed by atoms with E-state index in [1.165, 1.54) is 0 Å². The molecule has 1 aliphatic heterocycles. The molecule has 0 unspecified atom stereocenters. The molecule has 0 spiro atoms. The fraction of sp³-hybridized carbons (Fsp3) is 0.440. The van der Waals surface area contributed by atoms with Gasteiger partial charge in [-0.25, -0.2) is 8.42 Å². The topological polar surface area (TPSA) is 90.9 Å². The van der Waals surface area contributed by atoms with E-state index in [-0.39, 0.29) is 15.8 Å². The quantitative estimate of drug-likeness (QED) is 0.460. The molecule has 9 heteroatoms. The van der Waals surface area contributed by atoms with Crippen LogP contribution in [0.1, 0.15) is 43.2 Å². The number of rotatable bonds is 11. The highest BCUT2D eigenvalue weighted by atomic mass is 35.5. The largest absolute Gasteiger partial charge is 0.368 e. The minimum Gasteiger partial charge on any atom is -0.368 e. The highest BCUT2D eigenvalue weighted by molar-refractivity contribution is 7.93. The third kappa shape index (κ3) is 5.45. The van der Waals surface area contributed by atoms with Crippen molar-refractivity contribution in [3.8, 4) is 0 Å². The lowest BCUT2D eigenvalue weighted by Crippen LogP contribution is -2.40. The molecular formula is C25H31ClN4O3S. The summed E-state index contributed by atoms with van der Waals surface area (Å²) in [6.07, 6.45) is 3.00. The van der Waals surface area contributed by atoms with Gasteiger partial charge in [-0.3, -0.25) is 15.1 Å². The first-order valence-electron chi connectivity index (χ1n) is 11.7. The Morgan fingerprint density at radius 1 is 1.15 bits per heavy atom. The highest BCUT2D eigenvalue weighted by Crippen LogP contribution is 2.45. The Morgan fingerprint density at radius 2 is 1.88 bits per heavy atom. The molecule has 0 saturated heterocycles. The number of aliphatic imine (C=N–C) groups is 1. The lowest BCUT2D eigenvalue weighted by molar-refractivity contribution is -0.130. The molecule has 34 heavy (non-hydrogen) atoms. The van der Waals surface area contributed by atoms with Gasteiger partial charge in [-0.05, 0) is 49.9 Å².